The molecule has 1 aliphatic heterocycles. The topological polar surface area (TPSA) is 94.7 Å². The van der Waals surface area contributed by atoms with Gasteiger partial charge in [-0.25, -0.2) is 0 Å². The van der Waals surface area contributed by atoms with Crippen molar-refractivity contribution in [1.82, 2.24) is 16.0 Å². The molecule has 1 aliphatic rings. The molecule has 3 aromatic carbocycles. The van der Waals surface area contributed by atoms with Gasteiger partial charge in [0.05, 0.1) is 13.2 Å². The van der Waals surface area contributed by atoms with Gasteiger partial charge in [-0.1, -0.05) is 42.5 Å². The lowest BCUT2D eigenvalue weighted by Gasteiger charge is -2.32. The molecule has 7 heteroatoms. The van der Waals surface area contributed by atoms with Crippen LogP contribution >= 0.6 is 0 Å². The molecule has 0 aromatic heterocycles. The smallest absolute Gasteiger partial charge is 0.251 e. The number of nitrogens with one attached hydrogen (secondary N) is 4. The van der Waals surface area contributed by atoms with Gasteiger partial charge < -0.3 is 20.5 Å². The maximum Gasteiger partial charge on any atom is 0.251 e. The van der Waals surface area contributed by atoms with E-state index in [4.69, 9.17) is 4.74 Å². The van der Waals surface area contributed by atoms with Crippen molar-refractivity contribution in [1.29, 1.82) is 0 Å². The summed E-state index contributed by atoms with van der Waals surface area (Å²) in [6.07, 6.45) is -0.790. The van der Waals surface area contributed by atoms with Crippen LogP contribution in [-0.4, -0.2) is 44.0 Å². The number of aliphatic hydroxyl groups is 1. The third kappa shape index (κ3) is 6.10. The monoisotopic (exact) mass is 446 g/mol. The first kappa shape index (κ1) is 22.8. The molecule has 5 N–H and O–H groups in total. The standard InChI is InChI=1S/C26H30N4O3/c1-33-23-13-9-18(10-14-23)21-15-28-26(29-16-21)30-22-11-7-20(8-12-22)25(32)27-17-24(31)19-5-3-2-4-6-19/h2-14,21,24,26,28-31H,15-17H2,1H3,(H,27,32). The number of aliphatic hydroxyl groups excluding tert-OH is 1. The first-order valence-electron chi connectivity index (χ1n) is 11.1. The van der Waals surface area contributed by atoms with Crippen molar-refractivity contribution in [3.8, 4) is 5.75 Å². The van der Waals surface area contributed by atoms with E-state index in [0.717, 1.165) is 30.1 Å². The molecule has 1 fully saturated rings. The summed E-state index contributed by atoms with van der Waals surface area (Å²) in [5, 5.41) is 23.3. The largest absolute Gasteiger partial charge is 0.497 e. The fraction of sp³-hybridized carbons (Fsp3) is 0.269. The van der Waals surface area contributed by atoms with Crippen molar-refractivity contribution < 1.29 is 14.6 Å². The Bertz CT molecular complexity index is 1020. The SMILES string of the molecule is COc1ccc(C2CNC(Nc3ccc(C(=O)NCC(O)c4ccccc4)cc3)NC2)cc1. The summed E-state index contributed by atoms with van der Waals surface area (Å²) in [7, 11) is 1.67. The summed E-state index contributed by atoms with van der Waals surface area (Å²) in [4.78, 5) is 12.4. The van der Waals surface area contributed by atoms with Crippen molar-refractivity contribution >= 4 is 11.6 Å². The van der Waals surface area contributed by atoms with E-state index in [1.54, 1.807) is 19.2 Å². The Hall–Kier alpha value is -3.39. The highest BCUT2D eigenvalue weighted by atomic mass is 16.5. The summed E-state index contributed by atoms with van der Waals surface area (Å²) in [5.41, 5.74) is 3.50. The van der Waals surface area contributed by atoms with Crippen LogP contribution in [-0.2, 0) is 0 Å². The second kappa shape index (κ2) is 11.0. The zero-order chi connectivity index (χ0) is 23.0. The normalized spacial score (nSPS) is 18.8. The number of hydrogen-bond donors (Lipinski definition) is 5. The third-order valence-corrected chi connectivity index (χ3v) is 5.82. The average molecular weight is 447 g/mol. The Balaban J connectivity index is 1.23. The number of ether oxygens (including phenoxy) is 1. The Morgan fingerprint density at radius 1 is 1.00 bits per heavy atom. The minimum absolute atomic E-state index is 0.0554. The number of hydrogen-bond acceptors (Lipinski definition) is 6. The molecule has 0 bridgehead atoms. The molecule has 3 aromatic rings. The minimum Gasteiger partial charge on any atom is -0.497 e. The Kier molecular flexibility index (Phi) is 7.57. The van der Waals surface area contributed by atoms with Gasteiger partial charge in [0.15, 0.2) is 0 Å². The highest BCUT2D eigenvalue weighted by Crippen LogP contribution is 2.21. The van der Waals surface area contributed by atoms with Crippen LogP contribution in [0.25, 0.3) is 0 Å². The van der Waals surface area contributed by atoms with Crippen molar-refractivity contribution in [2.45, 2.75) is 18.3 Å². The molecule has 172 valence electrons. The van der Waals surface area contributed by atoms with Crippen LogP contribution in [0.5, 0.6) is 5.75 Å². The number of rotatable bonds is 8. The van der Waals surface area contributed by atoms with E-state index < -0.39 is 6.10 Å². The van der Waals surface area contributed by atoms with Crippen LogP contribution in [0.3, 0.4) is 0 Å². The van der Waals surface area contributed by atoms with Gasteiger partial charge in [0.2, 0.25) is 0 Å². The van der Waals surface area contributed by atoms with Gasteiger partial charge in [-0.2, -0.15) is 0 Å². The molecule has 1 atom stereocenters. The molecule has 0 spiro atoms. The molecular formula is C26H30N4O3. The van der Waals surface area contributed by atoms with E-state index in [-0.39, 0.29) is 18.7 Å². The van der Waals surface area contributed by atoms with Gasteiger partial charge in [0.25, 0.3) is 5.91 Å². The fourth-order valence-corrected chi connectivity index (χ4v) is 3.85. The van der Waals surface area contributed by atoms with E-state index in [1.807, 2.05) is 54.6 Å². The van der Waals surface area contributed by atoms with Gasteiger partial charge in [0.1, 0.15) is 12.0 Å². The van der Waals surface area contributed by atoms with Crippen LogP contribution in [0.1, 0.15) is 33.5 Å². The number of methoxy groups -OCH3 is 1. The maximum absolute atomic E-state index is 12.4. The van der Waals surface area contributed by atoms with Gasteiger partial charge in [-0.15, -0.1) is 0 Å². The van der Waals surface area contributed by atoms with Crippen molar-refractivity contribution in [3.63, 3.8) is 0 Å². The number of benzene rings is 3. The summed E-state index contributed by atoms with van der Waals surface area (Å²) in [6.45, 7) is 1.86. The molecule has 1 saturated heterocycles. The molecule has 1 heterocycles. The van der Waals surface area contributed by atoms with Crippen LogP contribution in [0, 0.1) is 0 Å². The van der Waals surface area contributed by atoms with E-state index in [0.29, 0.717) is 11.5 Å². The first-order chi connectivity index (χ1) is 16.1. The molecule has 4 rings (SSSR count). The van der Waals surface area contributed by atoms with Crippen LogP contribution < -0.4 is 26.0 Å². The predicted octanol–water partition coefficient (Wildman–Crippen LogP) is 2.83. The lowest BCUT2D eigenvalue weighted by Crippen LogP contribution is -2.55. The lowest BCUT2D eigenvalue weighted by atomic mass is 9.97. The Labute approximate surface area is 194 Å². The van der Waals surface area contributed by atoms with Crippen LogP contribution in [0.4, 0.5) is 5.69 Å². The fourth-order valence-electron chi connectivity index (χ4n) is 3.85. The van der Waals surface area contributed by atoms with Gasteiger partial charge >= 0.3 is 0 Å². The number of amides is 1. The molecule has 1 amide bonds. The van der Waals surface area contributed by atoms with E-state index in [1.165, 1.54) is 5.56 Å². The second-order valence-electron chi connectivity index (χ2n) is 8.08. The van der Waals surface area contributed by atoms with Crippen molar-refractivity contribution in [3.05, 3.63) is 95.6 Å². The van der Waals surface area contributed by atoms with Gasteiger partial charge in [-0.3, -0.25) is 15.4 Å². The van der Waals surface area contributed by atoms with E-state index in [2.05, 4.69) is 33.4 Å². The van der Waals surface area contributed by atoms with Crippen LogP contribution in [0.15, 0.2) is 78.9 Å². The average Bonchev–Trinajstić information content (AvgIpc) is 2.88. The van der Waals surface area contributed by atoms with Gasteiger partial charge in [-0.05, 0) is 47.5 Å². The Morgan fingerprint density at radius 2 is 1.67 bits per heavy atom. The molecule has 0 radical (unpaired) electrons. The number of anilines is 1. The Morgan fingerprint density at radius 3 is 2.30 bits per heavy atom. The molecule has 0 saturated carbocycles. The van der Waals surface area contributed by atoms with Crippen molar-refractivity contribution in [2.75, 3.05) is 32.1 Å². The van der Waals surface area contributed by atoms with Crippen LogP contribution in [0.2, 0.25) is 0 Å². The van der Waals surface area contributed by atoms with Gasteiger partial charge in [0, 0.05) is 36.8 Å². The minimum atomic E-state index is -0.735. The maximum atomic E-state index is 12.4. The highest BCUT2D eigenvalue weighted by Gasteiger charge is 2.21. The molecule has 1 unspecified atom stereocenters. The zero-order valence-corrected chi connectivity index (χ0v) is 18.6. The summed E-state index contributed by atoms with van der Waals surface area (Å²) < 4.78 is 5.23. The summed E-state index contributed by atoms with van der Waals surface area (Å²) in [5.74, 6) is 1.03. The quantitative estimate of drug-likeness (QED) is 0.365. The third-order valence-electron chi connectivity index (χ3n) is 5.82. The summed E-state index contributed by atoms with van der Waals surface area (Å²) >= 11 is 0. The molecule has 7 nitrogen and oxygen atoms in total. The highest BCUT2D eigenvalue weighted by molar-refractivity contribution is 5.94. The summed E-state index contributed by atoms with van der Waals surface area (Å²) in [6, 6.07) is 24.8. The molecular weight excluding hydrogens is 416 g/mol. The first-order valence-corrected chi connectivity index (χ1v) is 11.1. The van der Waals surface area contributed by atoms with E-state index >= 15 is 0 Å². The van der Waals surface area contributed by atoms with Crippen molar-refractivity contribution in [2.24, 2.45) is 0 Å². The second-order valence-corrected chi connectivity index (χ2v) is 8.08. The number of carbonyl (C=O) groups excluding carboxylic acids is 1. The zero-order valence-electron chi connectivity index (χ0n) is 18.6. The number of carbonyl (C=O) groups is 1. The predicted molar refractivity (Wildman–Crippen MR) is 129 cm³/mol. The molecule has 0 aliphatic carbocycles. The molecule has 33 heavy (non-hydrogen) atoms. The lowest BCUT2D eigenvalue weighted by molar-refractivity contribution is 0.0916. The van der Waals surface area contributed by atoms with E-state index in [9.17, 15) is 9.90 Å².